The fourth-order valence-corrected chi connectivity index (χ4v) is 1.30. The first-order chi connectivity index (χ1) is 6.31. The van der Waals surface area contributed by atoms with Gasteiger partial charge in [0.2, 0.25) is 0 Å². The molecule has 1 aromatic carbocycles. The van der Waals surface area contributed by atoms with Crippen molar-refractivity contribution in [3.05, 3.63) is 29.1 Å². The third-order valence-electron chi connectivity index (χ3n) is 1.83. The summed E-state index contributed by atoms with van der Waals surface area (Å²) in [4.78, 5) is 10.5. The van der Waals surface area contributed by atoms with E-state index >= 15 is 0 Å². The van der Waals surface area contributed by atoms with Crippen molar-refractivity contribution >= 4 is 6.29 Å². The van der Waals surface area contributed by atoms with Crippen molar-refractivity contribution in [1.82, 2.24) is 0 Å². The van der Waals surface area contributed by atoms with E-state index < -0.39 is 5.82 Å². The van der Waals surface area contributed by atoms with Crippen LogP contribution >= 0.6 is 0 Å². The third kappa shape index (κ3) is 1.40. The number of carbonyl (C=O) groups excluding carboxylic acids is 1. The van der Waals surface area contributed by atoms with Crippen molar-refractivity contribution in [3.63, 3.8) is 0 Å². The summed E-state index contributed by atoms with van der Waals surface area (Å²) in [5.41, 5.74) is 0.812. The predicted octanol–water partition coefficient (Wildman–Crippen LogP) is 1.50. The molecule has 0 aliphatic carbocycles. The normalized spacial score (nSPS) is 14.5. The Morgan fingerprint density at radius 1 is 1.46 bits per heavy atom. The highest BCUT2D eigenvalue weighted by Crippen LogP contribution is 2.27. The predicted molar refractivity (Wildman–Crippen MR) is 42.1 cm³/mol. The summed E-state index contributed by atoms with van der Waals surface area (Å²) in [7, 11) is 0. The van der Waals surface area contributed by atoms with Crippen LogP contribution in [0.3, 0.4) is 0 Å². The van der Waals surface area contributed by atoms with Gasteiger partial charge in [0.15, 0.2) is 13.1 Å². The molecule has 0 bridgehead atoms. The number of aldehydes is 1. The molecule has 13 heavy (non-hydrogen) atoms. The molecule has 0 fully saturated rings. The van der Waals surface area contributed by atoms with Crippen molar-refractivity contribution < 1.29 is 18.7 Å². The van der Waals surface area contributed by atoms with Gasteiger partial charge in [0, 0.05) is 5.56 Å². The van der Waals surface area contributed by atoms with Crippen LogP contribution < -0.4 is 4.74 Å². The number of hydrogen-bond donors (Lipinski definition) is 0. The molecule has 0 saturated carbocycles. The van der Waals surface area contributed by atoms with Crippen LogP contribution in [0, 0.1) is 5.82 Å². The Balaban J connectivity index is 2.56. The van der Waals surface area contributed by atoms with Gasteiger partial charge < -0.3 is 9.47 Å². The molecule has 0 atom stereocenters. The van der Waals surface area contributed by atoms with Gasteiger partial charge in [-0.05, 0) is 12.1 Å². The minimum Gasteiger partial charge on any atom is -0.466 e. The molecular weight excluding hydrogens is 175 g/mol. The highest BCUT2D eigenvalue weighted by Gasteiger charge is 2.15. The number of carbonyl (C=O) groups is 1. The van der Waals surface area contributed by atoms with Crippen LogP contribution in [0.1, 0.15) is 15.9 Å². The van der Waals surface area contributed by atoms with E-state index in [1.54, 1.807) is 0 Å². The summed E-state index contributed by atoms with van der Waals surface area (Å²) in [6.07, 6.45) is 0.577. The first-order valence-corrected chi connectivity index (χ1v) is 3.79. The summed E-state index contributed by atoms with van der Waals surface area (Å²) in [6.45, 7) is 0.396. The molecule has 0 spiro atoms. The number of fused-ring (bicyclic) bond motifs is 1. The Labute approximate surface area is 74.1 Å². The molecule has 0 amide bonds. The Morgan fingerprint density at radius 3 is 3.08 bits per heavy atom. The highest BCUT2D eigenvalue weighted by atomic mass is 19.1. The molecule has 0 radical (unpaired) electrons. The van der Waals surface area contributed by atoms with E-state index in [4.69, 9.17) is 9.47 Å². The van der Waals surface area contributed by atoms with E-state index in [-0.39, 0.29) is 19.0 Å². The smallest absolute Gasteiger partial charge is 0.189 e. The fraction of sp³-hybridized carbons (Fsp3) is 0.222. The van der Waals surface area contributed by atoms with Crippen LogP contribution in [0.5, 0.6) is 5.75 Å². The fourth-order valence-electron chi connectivity index (χ4n) is 1.30. The summed E-state index contributed by atoms with van der Waals surface area (Å²) in [5.74, 6) is -0.0161. The van der Waals surface area contributed by atoms with Crippen molar-refractivity contribution in [3.8, 4) is 5.75 Å². The highest BCUT2D eigenvalue weighted by molar-refractivity contribution is 5.80. The molecular formula is C9H7FO3. The maximum Gasteiger partial charge on any atom is 0.189 e. The molecule has 2 rings (SSSR count). The lowest BCUT2D eigenvalue weighted by atomic mass is 10.1. The second kappa shape index (κ2) is 3.14. The zero-order valence-corrected chi connectivity index (χ0v) is 6.75. The van der Waals surface area contributed by atoms with E-state index in [2.05, 4.69) is 0 Å². The minimum atomic E-state index is -0.449. The molecule has 0 unspecified atom stereocenters. The average Bonchev–Trinajstić information content (AvgIpc) is 2.16. The van der Waals surface area contributed by atoms with Gasteiger partial charge in [-0.2, -0.15) is 0 Å². The first kappa shape index (κ1) is 8.19. The average molecular weight is 182 g/mol. The lowest BCUT2D eigenvalue weighted by molar-refractivity contribution is -0.0169. The van der Waals surface area contributed by atoms with Gasteiger partial charge in [-0.25, -0.2) is 4.39 Å². The van der Waals surface area contributed by atoms with Gasteiger partial charge in [0.25, 0.3) is 0 Å². The van der Waals surface area contributed by atoms with E-state index in [0.29, 0.717) is 17.6 Å². The standard InChI is InChI=1S/C9H7FO3/c10-8-1-6(3-11)9-7(2-8)4-12-5-13-9/h1-3H,4-5H2. The Hall–Kier alpha value is -1.42. The summed E-state index contributed by atoms with van der Waals surface area (Å²) in [5, 5.41) is 0. The zero-order valence-electron chi connectivity index (χ0n) is 6.75. The van der Waals surface area contributed by atoms with Crippen LogP contribution in [-0.4, -0.2) is 13.1 Å². The maximum absolute atomic E-state index is 12.9. The molecule has 0 saturated heterocycles. The lowest BCUT2D eigenvalue weighted by Gasteiger charge is -2.18. The van der Waals surface area contributed by atoms with Gasteiger partial charge >= 0.3 is 0 Å². The quantitative estimate of drug-likeness (QED) is 0.617. The van der Waals surface area contributed by atoms with Crippen molar-refractivity contribution in [2.75, 3.05) is 6.79 Å². The molecule has 4 heteroatoms. The van der Waals surface area contributed by atoms with Crippen molar-refractivity contribution in [1.29, 1.82) is 0 Å². The van der Waals surface area contributed by atoms with Gasteiger partial charge in [-0.3, -0.25) is 4.79 Å². The largest absolute Gasteiger partial charge is 0.466 e. The SMILES string of the molecule is O=Cc1cc(F)cc2c1OCOC2. The first-order valence-electron chi connectivity index (χ1n) is 3.79. The second-order valence-corrected chi connectivity index (χ2v) is 2.71. The van der Waals surface area contributed by atoms with Crippen LogP contribution in [0.15, 0.2) is 12.1 Å². The number of rotatable bonds is 1. The van der Waals surface area contributed by atoms with E-state index in [1.807, 2.05) is 0 Å². The van der Waals surface area contributed by atoms with Crippen LogP contribution in [0.4, 0.5) is 4.39 Å². The van der Waals surface area contributed by atoms with Gasteiger partial charge in [0.1, 0.15) is 11.6 Å². The number of halogens is 1. The van der Waals surface area contributed by atoms with Crippen molar-refractivity contribution in [2.45, 2.75) is 6.61 Å². The van der Waals surface area contributed by atoms with Gasteiger partial charge in [-0.15, -0.1) is 0 Å². The molecule has 1 aliphatic heterocycles. The molecule has 1 aliphatic rings. The molecule has 3 nitrogen and oxygen atoms in total. The number of hydrogen-bond acceptors (Lipinski definition) is 3. The zero-order chi connectivity index (χ0) is 9.26. The summed E-state index contributed by atoms with van der Waals surface area (Å²) in [6, 6.07) is 2.46. The van der Waals surface area contributed by atoms with Crippen LogP contribution in [-0.2, 0) is 11.3 Å². The van der Waals surface area contributed by atoms with Crippen LogP contribution in [0.25, 0.3) is 0 Å². The lowest BCUT2D eigenvalue weighted by Crippen LogP contribution is -2.13. The van der Waals surface area contributed by atoms with Gasteiger partial charge in [-0.1, -0.05) is 0 Å². The Bertz CT molecular complexity index is 349. The molecule has 0 aromatic heterocycles. The summed E-state index contributed by atoms with van der Waals surface area (Å²) >= 11 is 0. The maximum atomic E-state index is 12.9. The van der Waals surface area contributed by atoms with E-state index in [0.717, 1.165) is 6.07 Å². The third-order valence-corrected chi connectivity index (χ3v) is 1.83. The van der Waals surface area contributed by atoms with E-state index in [1.165, 1.54) is 6.07 Å². The molecule has 68 valence electrons. The molecule has 0 N–H and O–H groups in total. The summed E-state index contributed by atoms with van der Waals surface area (Å²) < 4.78 is 22.9. The minimum absolute atomic E-state index is 0.111. The van der Waals surface area contributed by atoms with Gasteiger partial charge in [0.05, 0.1) is 12.2 Å². The Kier molecular flexibility index (Phi) is 1.98. The van der Waals surface area contributed by atoms with Crippen LogP contribution in [0.2, 0.25) is 0 Å². The number of benzene rings is 1. The number of ether oxygens (including phenoxy) is 2. The topological polar surface area (TPSA) is 35.5 Å². The van der Waals surface area contributed by atoms with E-state index in [9.17, 15) is 9.18 Å². The monoisotopic (exact) mass is 182 g/mol. The Morgan fingerprint density at radius 2 is 2.31 bits per heavy atom. The molecule has 1 aromatic rings. The molecule has 1 heterocycles. The van der Waals surface area contributed by atoms with Crippen molar-refractivity contribution in [2.24, 2.45) is 0 Å². The second-order valence-electron chi connectivity index (χ2n) is 2.71.